The van der Waals surface area contributed by atoms with Gasteiger partial charge in [0.15, 0.2) is 0 Å². The van der Waals surface area contributed by atoms with E-state index in [4.69, 9.17) is 5.26 Å². The zero-order valence-electron chi connectivity index (χ0n) is 12.4. The van der Waals surface area contributed by atoms with Crippen LogP contribution in [0.25, 0.3) is 0 Å². The molecule has 1 N–H and O–H groups in total. The number of nitriles is 1. The SMILES string of the molecule is CCCCC(CCC)NC(C)c1ccc(C#N)cc1. The van der Waals surface area contributed by atoms with Crippen LogP contribution in [0.15, 0.2) is 24.3 Å². The van der Waals surface area contributed by atoms with Crippen molar-refractivity contribution in [1.82, 2.24) is 5.32 Å². The molecule has 104 valence electrons. The lowest BCUT2D eigenvalue weighted by molar-refractivity contribution is 0.396. The molecule has 0 bridgehead atoms. The van der Waals surface area contributed by atoms with E-state index in [0.29, 0.717) is 12.1 Å². The van der Waals surface area contributed by atoms with Crippen LogP contribution in [0.5, 0.6) is 0 Å². The normalized spacial score (nSPS) is 13.8. The number of benzene rings is 1. The van der Waals surface area contributed by atoms with Gasteiger partial charge < -0.3 is 5.32 Å². The van der Waals surface area contributed by atoms with Crippen molar-refractivity contribution < 1.29 is 0 Å². The molecule has 2 atom stereocenters. The lowest BCUT2D eigenvalue weighted by atomic mass is 10.0. The van der Waals surface area contributed by atoms with Gasteiger partial charge in [-0.2, -0.15) is 5.26 Å². The van der Waals surface area contributed by atoms with Crippen LogP contribution in [0.3, 0.4) is 0 Å². The first-order valence-electron chi connectivity index (χ1n) is 7.47. The van der Waals surface area contributed by atoms with Gasteiger partial charge in [-0.25, -0.2) is 0 Å². The molecule has 0 aliphatic rings. The Morgan fingerprint density at radius 1 is 1.11 bits per heavy atom. The maximum absolute atomic E-state index is 8.81. The number of rotatable bonds is 8. The van der Waals surface area contributed by atoms with Crippen molar-refractivity contribution in [2.45, 2.75) is 65.0 Å². The Bertz CT molecular complexity index is 389. The Morgan fingerprint density at radius 3 is 2.32 bits per heavy atom. The van der Waals surface area contributed by atoms with E-state index in [1.54, 1.807) is 0 Å². The van der Waals surface area contributed by atoms with E-state index in [1.807, 2.05) is 12.1 Å². The molecule has 0 aliphatic heterocycles. The van der Waals surface area contributed by atoms with Gasteiger partial charge in [-0.3, -0.25) is 0 Å². The maximum atomic E-state index is 8.81. The van der Waals surface area contributed by atoms with Gasteiger partial charge >= 0.3 is 0 Å². The van der Waals surface area contributed by atoms with Crippen molar-refractivity contribution in [2.24, 2.45) is 0 Å². The summed E-state index contributed by atoms with van der Waals surface area (Å²) in [5.41, 5.74) is 1.99. The highest BCUT2D eigenvalue weighted by Crippen LogP contribution is 2.17. The highest BCUT2D eigenvalue weighted by molar-refractivity contribution is 5.32. The second kappa shape index (κ2) is 8.72. The van der Waals surface area contributed by atoms with E-state index < -0.39 is 0 Å². The number of hydrogen-bond donors (Lipinski definition) is 1. The molecule has 0 heterocycles. The van der Waals surface area contributed by atoms with E-state index in [1.165, 1.54) is 37.7 Å². The van der Waals surface area contributed by atoms with Crippen molar-refractivity contribution in [3.8, 4) is 6.07 Å². The molecular weight excluding hydrogens is 232 g/mol. The van der Waals surface area contributed by atoms with Crippen LogP contribution in [0.1, 0.15) is 70.0 Å². The fraction of sp³-hybridized carbons (Fsp3) is 0.588. The van der Waals surface area contributed by atoms with Gasteiger partial charge in [-0.15, -0.1) is 0 Å². The molecular formula is C17H26N2. The van der Waals surface area contributed by atoms with Gasteiger partial charge in [0.2, 0.25) is 0 Å². The predicted octanol–water partition coefficient (Wildman–Crippen LogP) is 4.57. The molecule has 0 aromatic heterocycles. The molecule has 0 fully saturated rings. The summed E-state index contributed by atoms with van der Waals surface area (Å²) in [4.78, 5) is 0. The van der Waals surface area contributed by atoms with E-state index in [2.05, 4.69) is 44.3 Å². The summed E-state index contributed by atoms with van der Waals surface area (Å²) < 4.78 is 0. The summed E-state index contributed by atoms with van der Waals surface area (Å²) in [5, 5.41) is 12.5. The summed E-state index contributed by atoms with van der Waals surface area (Å²) in [6, 6.07) is 11.0. The fourth-order valence-corrected chi connectivity index (χ4v) is 2.41. The first kappa shape index (κ1) is 15.7. The van der Waals surface area contributed by atoms with E-state index in [-0.39, 0.29) is 0 Å². The van der Waals surface area contributed by atoms with Crippen LogP contribution in [-0.4, -0.2) is 6.04 Å². The molecule has 0 amide bonds. The topological polar surface area (TPSA) is 35.8 Å². The maximum Gasteiger partial charge on any atom is 0.0991 e. The van der Waals surface area contributed by atoms with Crippen LogP contribution in [-0.2, 0) is 0 Å². The van der Waals surface area contributed by atoms with E-state index in [0.717, 1.165) is 5.56 Å². The molecule has 2 heteroatoms. The average Bonchev–Trinajstić information content (AvgIpc) is 2.45. The Balaban J connectivity index is 2.59. The van der Waals surface area contributed by atoms with Crippen molar-refractivity contribution >= 4 is 0 Å². The van der Waals surface area contributed by atoms with Crippen LogP contribution < -0.4 is 5.32 Å². The van der Waals surface area contributed by atoms with Gasteiger partial charge in [0.05, 0.1) is 11.6 Å². The second-order valence-electron chi connectivity index (χ2n) is 5.25. The Morgan fingerprint density at radius 2 is 1.79 bits per heavy atom. The van der Waals surface area contributed by atoms with Gasteiger partial charge in [-0.1, -0.05) is 45.2 Å². The average molecular weight is 258 g/mol. The Labute approximate surface area is 117 Å². The summed E-state index contributed by atoms with van der Waals surface area (Å²) in [6.07, 6.45) is 6.26. The molecule has 19 heavy (non-hydrogen) atoms. The second-order valence-corrected chi connectivity index (χ2v) is 5.25. The summed E-state index contributed by atoms with van der Waals surface area (Å²) in [6.45, 7) is 6.69. The van der Waals surface area contributed by atoms with E-state index in [9.17, 15) is 0 Å². The number of nitrogens with one attached hydrogen (secondary N) is 1. The fourth-order valence-electron chi connectivity index (χ4n) is 2.41. The van der Waals surface area contributed by atoms with Crippen molar-refractivity contribution in [2.75, 3.05) is 0 Å². The Kier molecular flexibility index (Phi) is 7.22. The largest absolute Gasteiger partial charge is 0.307 e. The molecule has 1 rings (SSSR count). The third kappa shape index (κ3) is 5.44. The zero-order chi connectivity index (χ0) is 14.1. The molecule has 0 spiro atoms. The lowest BCUT2D eigenvalue weighted by Gasteiger charge is -2.23. The van der Waals surface area contributed by atoms with Crippen LogP contribution >= 0.6 is 0 Å². The summed E-state index contributed by atoms with van der Waals surface area (Å²) in [5.74, 6) is 0. The number of hydrogen-bond acceptors (Lipinski definition) is 2. The molecule has 2 unspecified atom stereocenters. The van der Waals surface area contributed by atoms with Crippen LogP contribution in [0.2, 0.25) is 0 Å². The minimum absolute atomic E-state index is 0.348. The number of unbranched alkanes of at least 4 members (excludes halogenated alkanes) is 1. The minimum Gasteiger partial charge on any atom is -0.307 e. The van der Waals surface area contributed by atoms with E-state index >= 15 is 0 Å². The molecule has 2 nitrogen and oxygen atoms in total. The molecule has 1 aromatic carbocycles. The first-order chi connectivity index (χ1) is 9.21. The van der Waals surface area contributed by atoms with Crippen molar-refractivity contribution in [3.63, 3.8) is 0 Å². The molecule has 1 aromatic rings. The molecule has 0 saturated heterocycles. The smallest absolute Gasteiger partial charge is 0.0991 e. The first-order valence-corrected chi connectivity index (χ1v) is 7.47. The van der Waals surface area contributed by atoms with Crippen molar-refractivity contribution in [3.05, 3.63) is 35.4 Å². The molecule has 0 aliphatic carbocycles. The minimum atomic E-state index is 0.348. The van der Waals surface area contributed by atoms with Gasteiger partial charge in [-0.05, 0) is 37.5 Å². The third-order valence-electron chi connectivity index (χ3n) is 3.57. The van der Waals surface area contributed by atoms with Crippen LogP contribution in [0.4, 0.5) is 0 Å². The molecule has 0 saturated carbocycles. The van der Waals surface area contributed by atoms with Crippen LogP contribution in [0, 0.1) is 11.3 Å². The zero-order valence-corrected chi connectivity index (χ0v) is 12.4. The predicted molar refractivity (Wildman–Crippen MR) is 80.9 cm³/mol. The summed E-state index contributed by atoms with van der Waals surface area (Å²) in [7, 11) is 0. The molecule has 0 radical (unpaired) electrons. The Hall–Kier alpha value is -1.33. The summed E-state index contributed by atoms with van der Waals surface area (Å²) >= 11 is 0. The lowest BCUT2D eigenvalue weighted by Crippen LogP contribution is -2.31. The van der Waals surface area contributed by atoms with Crippen molar-refractivity contribution in [1.29, 1.82) is 5.26 Å². The highest BCUT2D eigenvalue weighted by atomic mass is 14.9. The van der Waals surface area contributed by atoms with Gasteiger partial charge in [0.1, 0.15) is 0 Å². The monoisotopic (exact) mass is 258 g/mol. The standard InChI is InChI=1S/C17H26N2/c1-4-6-8-17(7-5-2)19-14(3)16-11-9-15(13-18)10-12-16/h9-12,14,17,19H,4-8H2,1-3H3. The van der Waals surface area contributed by atoms with Gasteiger partial charge in [0, 0.05) is 12.1 Å². The number of nitrogens with zero attached hydrogens (tertiary/aromatic N) is 1. The van der Waals surface area contributed by atoms with Gasteiger partial charge in [0.25, 0.3) is 0 Å². The highest BCUT2D eigenvalue weighted by Gasteiger charge is 2.12. The quantitative estimate of drug-likeness (QED) is 0.741. The third-order valence-corrected chi connectivity index (χ3v) is 3.57.